The average molecular weight is 320 g/mol. The first kappa shape index (κ1) is 15.4. The van der Waals surface area contributed by atoms with Gasteiger partial charge in [0, 0.05) is 17.8 Å². The molecule has 4 nitrogen and oxygen atoms in total. The van der Waals surface area contributed by atoms with Gasteiger partial charge in [0.25, 0.3) is 0 Å². The smallest absolute Gasteiger partial charge is 0.171 e. The van der Waals surface area contributed by atoms with E-state index in [9.17, 15) is 0 Å². The van der Waals surface area contributed by atoms with Crippen LogP contribution in [-0.4, -0.2) is 25.4 Å². The van der Waals surface area contributed by atoms with E-state index in [2.05, 4.69) is 10.6 Å². The van der Waals surface area contributed by atoms with E-state index >= 15 is 0 Å². The largest absolute Gasteiger partial charge is 0.493 e. The number of nitrogens with one attached hydrogen (secondary N) is 2. The van der Waals surface area contributed by atoms with Crippen LogP contribution >= 0.6 is 12.2 Å². The van der Waals surface area contributed by atoms with Crippen LogP contribution in [0.5, 0.6) is 11.5 Å². The van der Waals surface area contributed by atoms with Gasteiger partial charge in [-0.05, 0) is 61.9 Å². The molecule has 0 radical (unpaired) electrons. The SMILES string of the molecule is COc1cc(C)c(NC(=S)N[C@@H]2C[C@H]3CC[C@@H]2C3)cc1OC. The Morgan fingerprint density at radius 1 is 1.14 bits per heavy atom. The zero-order chi connectivity index (χ0) is 15.7. The molecule has 1 aromatic rings. The maximum absolute atomic E-state index is 5.49. The van der Waals surface area contributed by atoms with Gasteiger partial charge < -0.3 is 20.1 Å². The highest BCUT2D eigenvalue weighted by atomic mass is 32.1. The molecular formula is C17H24N2O2S. The molecule has 0 saturated heterocycles. The minimum Gasteiger partial charge on any atom is -0.493 e. The van der Waals surface area contributed by atoms with Crippen LogP contribution in [0.4, 0.5) is 5.69 Å². The molecule has 2 fully saturated rings. The first-order chi connectivity index (χ1) is 10.6. The monoisotopic (exact) mass is 320 g/mol. The van der Waals surface area contributed by atoms with E-state index in [1.165, 1.54) is 25.7 Å². The van der Waals surface area contributed by atoms with Crippen LogP contribution in [0.3, 0.4) is 0 Å². The summed E-state index contributed by atoms with van der Waals surface area (Å²) in [7, 11) is 3.29. The number of hydrogen-bond acceptors (Lipinski definition) is 3. The Morgan fingerprint density at radius 3 is 2.45 bits per heavy atom. The number of aryl methyl sites for hydroxylation is 1. The molecule has 120 valence electrons. The van der Waals surface area contributed by atoms with Crippen LogP contribution in [0, 0.1) is 18.8 Å². The number of methoxy groups -OCH3 is 2. The second kappa shape index (κ2) is 6.32. The maximum atomic E-state index is 5.49. The van der Waals surface area contributed by atoms with E-state index in [4.69, 9.17) is 21.7 Å². The Hall–Kier alpha value is -1.49. The van der Waals surface area contributed by atoms with E-state index in [1.807, 2.05) is 19.1 Å². The van der Waals surface area contributed by atoms with Crippen molar-refractivity contribution >= 4 is 23.0 Å². The van der Waals surface area contributed by atoms with Gasteiger partial charge >= 0.3 is 0 Å². The Kier molecular flexibility index (Phi) is 4.43. The topological polar surface area (TPSA) is 42.5 Å². The van der Waals surface area contributed by atoms with Crippen molar-refractivity contribution in [1.29, 1.82) is 0 Å². The van der Waals surface area contributed by atoms with Gasteiger partial charge in [-0.3, -0.25) is 0 Å². The second-order valence-corrected chi connectivity index (χ2v) is 6.81. The number of benzene rings is 1. The fraction of sp³-hybridized carbons (Fsp3) is 0.588. The van der Waals surface area contributed by atoms with E-state index in [0.29, 0.717) is 16.9 Å². The fourth-order valence-corrected chi connectivity index (χ4v) is 4.12. The van der Waals surface area contributed by atoms with Crippen LogP contribution < -0.4 is 20.1 Å². The number of rotatable bonds is 4. The van der Waals surface area contributed by atoms with E-state index in [-0.39, 0.29) is 0 Å². The molecular weight excluding hydrogens is 296 g/mol. The number of thiocarbonyl (C=S) groups is 1. The molecule has 3 rings (SSSR count). The van der Waals surface area contributed by atoms with Crippen molar-refractivity contribution in [3.8, 4) is 11.5 Å². The Labute approximate surface area is 137 Å². The third kappa shape index (κ3) is 3.00. The quantitative estimate of drug-likeness (QED) is 0.831. The normalized spacial score (nSPS) is 25.9. The molecule has 2 aliphatic carbocycles. The number of hydrogen-bond donors (Lipinski definition) is 2. The van der Waals surface area contributed by atoms with Crippen LogP contribution in [0.15, 0.2) is 12.1 Å². The zero-order valence-corrected chi connectivity index (χ0v) is 14.3. The molecule has 1 aromatic carbocycles. The first-order valence-corrected chi connectivity index (χ1v) is 8.31. The van der Waals surface area contributed by atoms with Crippen molar-refractivity contribution in [3.63, 3.8) is 0 Å². The standard InChI is InChI=1S/C17H24N2O2S/c1-10-6-15(20-2)16(21-3)9-13(10)18-17(22)19-14-8-11-4-5-12(14)7-11/h6,9,11-12,14H,4-5,7-8H2,1-3H3,(H2,18,19,22)/t11-,12+,14+/m0/s1. The summed E-state index contributed by atoms with van der Waals surface area (Å²) in [6.45, 7) is 2.03. The van der Waals surface area contributed by atoms with Crippen LogP contribution in [0.2, 0.25) is 0 Å². The van der Waals surface area contributed by atoms with Gasteiger partial charge in [-0.1, -0.05) is 6.42 Å². The lowest BCUT2D eigenvalue weighted by Gasteiger charge is -2.25. The summed E-state index contributed by atoms with van der Waals surface area (Å²) in [6, 6.07) is 4.43. The summed E-state index contributed by atoms with van der Waals surface area (Å²) in [5, 5.41) is 7.51. The summed E-state index contributed by atoms with van der Waals surface area (Å²) >= 11 is 5.49. The summed E-state index contributed by atoms with van der Waals surface area (Å²) in [5.74, 6) is 3.15. The molecule has 2 N–H and O–H groups in total. The second-order valence-electron chi connectivity index (χ2n) is 6.40. The third-order valence-electron chi connectivity index (χ3n) is 5.03. The van der Waals surface area contributed by atoms with Gasteiger partial charge in [0.15, 0.2) is 16.6 Å². The van der Waals surface area contributed by atoms with Gasteiger partial charge in [-0.2, -0.15) is 0 Å². The summed E-state index contributed by atoms with van der Waals surface area (Å²) < 4.78 is 10.7. The minimum absolute atomic E-state index is 0.541. The summed E-state index contributed by atoms with van der Waals surface area (Å²) in [4.78, 5) is 0. The average Bonchev–Trinajstić information content (AvgIpc) is 3.11. The lowest BCUT2D eigenvalue weighted by atomic mass is 9.95. The molecule has 0 heterocycles. The Morgan fingerprint density at radius 2 is 1.86 bits per heavy atom. The lowest BCUT2D eigenvalue weighted by molar-refractivity contribution is 0.355. The van der Waals surface area contributed by atoms with E-state index < -0.39 is 0 Å². The molecule has 0 aromatic heterocycles. The van der Waals surface area contributed by atoms with Crippen molar-refractivity contribution in [3.05, 3.63) is 17.7 Å². The molecule has 2 bridgehead atoms. The molecule has 2 aliphatic rings. The highest BCUT2D eigenvalue weighted by molar-refractivity contribution is 7.80. The van der Waals surface area contributed by atoms with E-state index in [0.717, 1.165) is 28.8 Å². The molecule has 0 unspecified atom stereocenters. The Balaban J connectivity index is 1.66. The third-order valence-corrected chi connectivity index (χ3v) is 5.25. The number of anilines is 1. The van der Waals surface area contributed by atoms with Crippen LogP contribution in [0.25, 0.3) is 0 Å². The highest BCUT2D eigenvalue weighted by Crippen LogP contribution is 2.44. The van der Waals surface area contributed by atoms with Crippen molar-refractivity contribution in [2.45, 2.75) is 38.6 Å². The van der Waals surface area contributed by atoms with Crippen molar-refractivity contribution in [2.24, 2.45) is 11.8 Å². The van der Waals surface area contributed by atoms with Gasteiger partial charge in [0.1, 0.15) is 0 Å². The van der Waals surface area contributed by atoms with Gasteiger partial charge in [-0.15, -0.1) is 0 Å². The molecule has 5 heteroatoms. The number of fused-ring (bicyclic) bond motifs is 2. The predicted octanol–water partition coefficient (Wildman–Crippen LogP) is 3.49. The molecule has 2 saturated carbocycles. The van der Waals surface area contributed by atoms with Crippen molar-refractivity contribution < 1.29 is 9.47 Å². The fourth-order valence-electron chi connectivity index (χ4n) is 3.86. The van der Waals surface area contributed by atoms with Gasteiger partial charge in [0.2, 0.25) is 0 Å². The lowest BCUT2D eigenvalue weighted by Crippen LogP contribution is -2.40. The van der Waals surface area contributed by atoms with Crippen molar-refractivity contribution in [2.75, 3.05) is 19.5 Å². The molecule has 3 atom stereocenters. The first-order valence-electron chi connectivity index (χ1n) is 7.91. The zero-order valence-electron chi connectivity index (χ0n) is 13.4. The summed E-state index contributed by atoms with van der Waals surface area (Å²) in [5.41, 5.74) is 2.04. The molecule has 0 aliphatic heterocycles. The minimum atomic E-state index is 0.541. The van der Waals surface area contributed by atoms with E-state index in [1.54, 1.807) is 14.2 Å². The van der Waals surface area contributed by atoms with Gasteiger partial charge in [-0.25, -0.2) is 0 Å². The predicted molar refractivity (Wildman–Crippen MR) is 92.9 cm³/mol. The number of ether oxygens (including phenoxy) is 2. The highest BCUT2D eigenvalue weighted by Gasteiger charge is 2.39. The van der Waals surface area contributed by atoms with Crippen LogP contribution in [0.1, 0.15) is 31.2 Å². The molecule has 0 amide bonds. The molecule has 22 heavy (non-hydrogen) atoms. The maximum Gasteiger partial charge on any atom is 0.171 e. The van der Waals surface area contributed by atoms with Crippen molar-refractivity contribution in [1.82, 2.24) is 5.32 Å². The van der Waals surface area contributed by atoms with Gasteiger partial charge in [0.05, 0.1) is 14.2 Å². The Bertz CT molecular complexity index is 576. The van der Waals surface area contributed by atoms with Crippen LogP contribution in [-0.2, 0) is 0 Å². The summed E-state index contributed by atoms with van der Waals surface area (Å²) in [6.07, 6.45) is 5.38. The molecule has 0 spiro atoms.